The fraction of sp³-hybridized carbons (Fsp3) is 0.714. The number of methoxy groups -OCH3 is 1. The Balaban J connectivity index is 2.90. The molecular weight excluding hydrogens is 226 g/mol. The minimum atomic E-state index is 0.145. The zero-order chi connectivity index (χ0) is 13.5. The van der Waals surface area contributed by atoms with Crippen LogP contribution in [0.3, 0.4) is 0 Å². The Bertz CT molecular complexity index is 366. The normalized spacial score (nSPS) is 12.8. The van der Waals surface area contributed by atoms with Crippen molar-refractivity contribution in [2.75, 3.05) is 19.0 Å². The van der Waals surface area contributed by atoms with Crippen LogP contribution >= 0.6 is 0 Å². The van der Waals surface area contributed by atoms with Crippen molar-refractivity contribution in [2.24, 2.45) is 0 Å². The third kappa shape index (κ3) is 4.61. The molecule has 4 nitrogen and oxygen atoms in total. The Morgan fingerprint density at radius 3 is 2.56 bits per heavy atom. The molecular formula is C14H25N3O. The SMILES string of the molecule is CCCNc1cc(C(C)C)nc(CC(C)OC)n1. The maximum atomic E-state index is 5.28. The highest BCUT2D eigenvalue weighted by Crippen LogP contribution is 2.16. The van der Waals surface area contributed by atoms with Crippen molar-refractivity contribution in [1.29, 1.82) is 0 Å². The number of hydrogen-bond acceptors (Lipinski definition) is 4. The second-order valence-corrected chi connectivity index (χ2v) is 4.93. The van der Waals surface area contributed by atoms with Gasteiger partial charge in [-0.2, -0.15) is 0 Å². The van der Waals surface area contributed by atoms with E-state index >= 15 is 0 Å². The topological polar surface area (TPSA) is 47.0 Å². The van der Waals surface area contributed by atoms with Gasteiger partial charge in [-0.1, -0.05) is 20.8 Å². The van der Waals surface area contributed by atoms with Crippen LogP contribution < -0.4 is 5.32 Å². The standard InChI is InChI=1S/C14H25N3O/c1-6-7-15-13-9-12(10(2)3)16-14(17-13)8-11(4)18-5/h9-11H,6-8H2,1-5H3,(H,15,16,17). The lowest BCUT2D eigenvalue weighted by molar-refractivity contribution is 0.117. The number of rotatable bonds is 7. The lowest BCUT2D eigenvalue weighted by Crippen LogP contribution is -2.14. The molecule has 0 radical (unpaired) electrons. The van der Waals surface area contributed by atoms with Crippen molar-refractivity contribution in [2.45, 2.75) is 52.6 Å². The van der Waals surface area contributed by atoms with Gasteiger partial charge in [0.1, 0.15) is 11.6 Å². The summed E-state index contributed by atoms with van der Waals surface area (Å²) in [7, 11) is 1.72. The summed E-state index contributed by atoms with van der Waals surface area (Å²) < 4.78 is 5.28. The maximum absolute atomic E-state index is 5.28. The highest BCUT2D eigenvalue weighted by atomic mass is 16.5. The fourth-order valence-corrected chi connectivity index (χ4v) is 1.59. The molecule has 102 valence electrons. The average molecular weight is 251 g/mol. The molecule has 0 aliphatic carbocycles. The van der Waals surface area contributed by atoms with Crippen LogP contribution in [0.4, 0.5) is 5.82 Å². The number of ether oxygens (including phenoxy) is 1. The molecule has 0 aliphatic heterocycles. The number of nitrogens with one attached hydrogen (secondary N) is 1. The number of hydrogen-bond donors (Lipinski definition) is 1. The van der Waals surface area contributed by atoms with Gasteiger partial charge in [-0.05, 0) is 19.3 Å². The molecule has 1 N–H and O–H groups in total. The molecule has 1 aromatic rings. The highest BCUT2D eigenvalue weighted by molar-refractivity contribution is 5.37. The van der Waals surface area contributed by atoms with Crippen molar-refractivity contribution in [3.05, 3.63) is 17.6 Å². The van der Waals surface area contributed by atoms with E-state index in [-0.39, 0.29) is 6.10 Å². The van der Waals surface area contributed by atoms with Gasteiger partial charge in [0.2, 0.25) is 0 Å². The van der Waals surface area contributed by atoms with Crippen LogP contribution in [0.25, 0.3) is 0 Å². The number of aromatic nitrogens is 2. The molecule has 0 spiro atoms. The smallest absolute Gasteiger partial charge is 0.133 e. The van der Waals surface area contributed by atoms with Gasteiger partial charge in [0.05, 0.1) is 6.10 Å². The van der Waals surface area contributed by atoms with E-state index in [1.165, 1.54) is 0 Å². The monoisotopic (exact) mass is 251 g/mol. The summed E-state index contributed by atoms with van der Waals surface area (Å²) in [5, 5.41) is 3.33. The predicted molar refractivity (Wildman–Crippen MR) is 75.1 cm³/mol. The first-order valence-electron chi connectivity index (χ1n) is 6.71. The molecule has 1 heterocycles. The molecule has 1 atom stereocenters. The zero-order valence-corrected chi connectivity index (χ0v) is 12.2. The van der Waals surface area contributed by atoms with Crippen LogP contribution in [0.2, 0.25) is 0 Å². The molecule has 4 heteroatoms. The molecule has 0 saturated carbocycles. The third-order valence-corrected chi connectivity index (χ3v) is 2.81. The van der Waals surface area contributed by atoms with Crippen molar-refractivity contribution in [3.8, 4) is 0 Å². The fourth-order valence-electron chi connectivity index (χ4n) is 1.59. The molecule has 18 heavy (non-hydrogen) atoms. The van der Waals surface area contributed by atoms with Crippen molar-refractivity contribution in [1.82, 2.24) is 9.97 Å². The average Bonchev–Trinajstić information content (AvgIpc) is 2.35. The summed E-state index contributed by atoms with van der Waals surface area (Å²) in [4.78, 5) is 9.14. The lowest BCUT2D eigenvalue weighted by Gasteiger charge is -2.13. The van der Waals surface area contributed by atoms with Crippen LogP contribution in [0, 0.1) is 0 Å². The second kappa shape index (κ2) is 7.31. The Morgan fingerprint density at radius 1 is 1.28 bits per heavy atom. The summed E-state index contributed by atoms with van der Waals surface area (Å²) in [5.41, 5.74) is 1.09. The molecule has 0 aromatic carbocycles. The molecule has 0 aliphatic rings. The Labute approximate surface area is 110 Å². The zero-order valence-electron chi connectivity index (χ0n) is 12.2. The second-order valence-electron chi connectivity index (χ2n) is 4.93. The first-order chi connectivity index (χ1) is 8.56. The van der Waals surface area contributed by atoms with E-state index in [0.717, 1.165) is 36.7 Å². The summed E-state index contributed by atoms with van der Waals surface area (Å²) >= 11 is 0. The van der Waals surface area contributed by atoms with E-state index in [4.69, 9.17) is 4.74 Å². The van der Waals surface area contributed by atoms with E-state index in [1.807, 2.05) is 13.0 Å². The van der Waals surface area contributed by atoms with E-state index in [1.54, 1.807) is 7.11 Å². The Hall–Kier alpha value is -1.16. The molecule has 0 bridgehead atoms. The van der Waals surface area contributed by atoms with Crippen molar-refractivity contribution in [3.63, 3.8) is 0 Å². The summed E-state index contributed by atoms with van der Waals surface area (Å²) in [6.45, 7) is 9.41. The van der Waals surface area contributed by atoms with Crippen LogP contribution in [0.5, 0.6) is 0 Å². The quantitative estimate of drug-likeness (QED) is 0.809. The van der Waals surface area contributed by atoms with Crippen LogP contribution in [0.1, 0.15) is 51.6 Å². The van der Waals surface area contributed by atoms with Gasteiger partial charge >= 0.3 is 0 Å². The molecule has 1 aromatic heterocycles. The van der Waals surface area contributed by atoms with Gasteiger partial charge < -0.3 is 10.1 Å². The third-order valence-electron chi connectivity index (χ3n) is 2.81. The first kappa shape index (κ1) is 14.9. The minimum absolute atomic E-state index is 0.145. The minimum Gasteiger partial charge on any atom is -0.381 e. The predicted octanol–water partition coefficient (Wildman–Crippen LogP) is 3.00. The molecule has 0 saturated heterocycles. The van der Waals surface area contributed by atoms with Gasteiger partial charge in [-0.15, -0.1) is 0 Å². The molecule has 1 rings (SSSR count). The van der Waals surface area contributed by atoms with Gasteiger partial charge in [0, 0.05) is 31.8 Å². The van der Waals surface area contributed by atoms with Crippen molar-refractivity contribution < 1.29 is 4.74 Å². The summed E-state index contributed by atoms with van der Waals surface area (Å²) in [6, 6.07) is 2.04. The van der Waals surface area contributed by atoms with Gasteiger partial charge in [-0.3, -0.25) is 0 Å². The van der Waals surface area contributed by atoms with E-state index in [0.29, 0.717) is 5.92 Å². The van der Waals surface area contributed by atoms with Crippen LogP contribution in [0.15, 0.2) is 6.07 Å². The largest absolute Gasteiger partial charge is 0.381 e. The first-order valence-corrected chi connectivity index (χ1v) is 6.71. The number of anilines is 1. The molecule has 0 amide bonds. The van der Waals surface area contributed by atoms with Crippen molar-refractivity contribution >= 4 is 5.82 Å². The van der Waals surface area contributed by atoms with Crippen LogP contribution in [-0.2, 0) is 11.2 Å². The van der Waals surface area contributed by atoms with Crippen LogP contribution in [-0.4, -0.2) is 29.7 Å². The summed E-state index contributed by atoms with van der Waals surface area (Å²) in [5.74, 6) is 2.19. The number of nitrogens with zero attached hydrogens (tertiary/aromatic N) is 2. The summed E-state index contributed by atoms with van der Waals surface area (Å²) in [6.07, 6.45) is 1.98. The molecule has 1 unspecified atom stereocenters. The van der Waals surface area contributed by atoms with Gasteiger partial charge in [0.15, 0.2) is 0 Å². The Kier molecular flexibility index (Phi) is 6.05. The lowest BCUT2D eigenvalue weighted by atomic mass is 10.1. The van der Waals surface area contributed by atoms with E-state index in [2.05, 4.69) is 36.1 Å². The Morgan fingerprint density at radius 2 is 2.00 bits per heavy atom. The van der Waals surface area contributed by atoms with E-state index in [9.17, 15) is 0 Å². The van der Waals surface area contributed by atoms with Gasteiger partial charge in [-0.25, -0.2) is 9.97 Å². The molecule has 0 fully saturated rings. The maximum Gasteiger partial charge on any atom is 0.133 e. The highest BCUT2D eigenvalue weighted by Gasteiger charge is 2.10. The van der Waals surface area contributed by atoms with Gasteiger partial charge in [0.25, 0.3) is 0 Å². The van der Waals surface area contributed by atoms with E-state index < -0.39 is 0 Å².